The molecule has 1 aromatic heterocycles. The van der Waals surface area contributed by atoms with Gasteiger partial charge in [0.2, 0.25) is 0 Å². The normalized spacial score (nSPS) is 12.1. The minimum atomic E-state index is -0.583. The Labute approximate surface area is 184 Å². The highest BCUT2D eigenvalue weighted by atomic mass is 16.5. The number of carbonyl (C=O) groups is 2. The summed E-state index contributed by atoms with van der Waals surface area (Å²) in [5, 5.41) is 0. The Bertz CT molecular complexity index is 1140. The number of fused-ring (bicyclic) bond motifs is 1. The lowest BCUT2D eigenvalue weighted by molar-refractivity contribution is -0.118. The van der Waals surface area contributed by atoms with Crippen molar-refractivity contribution in [3.63, 3.8) is 0 Å². The van der Waals surface area contributed by atoms with Crippen molar-refractivity contribution < 1.29 is 28.2 Å². The lowest BCUT2D eigenvalue weighted by Crippen LogP contribution is -2.43. The van der Waals surface area contributed by atoms with Gasteiger partial charge in [-0.25, -0.2) is 0 Å². The molecule has 8 heteroatoms. The molecule has 2 aromatic carbocycles. The van der Waals surface area contributed by atoms with Crippen LogP contribution < -0.4 is 25.1 Å². The van der Waals surface area contributed by atoms with Gasteiger partial charge in [-0.15, -0.1) is 0 Å². The third-order valence-corrected chi connectivity index (χ3v) is 4.60. The molecule has 0 saturated carbocycles. The van der Waals surface area contributed by atoms with E-state index in [1.165, 1.54) is 6.07 Å². The Morgan fingerprint density at radius 3 is 2.56 bits per heavy atom. The maximum absolute atomic E-state index is 12.5. The van der Waals surface area contributed by atoms with Crippen LogP contribution in [0.5, 0.6) is 17.2 Å². The van der Waals surface area contributed by atoms with Gasteiger partial charge in [0.15, 0.2) is 17.3 Å². The molecule has 0 fully saturated rings. The quantitative estimate of drug-likeness (QED) is 0.553. The number of ether oxygens (including phenoxy) is 3. The van der Waals surface area contributed by atoms with Crippen LogP contribution >= 0.6 is 0 Å². The van der Waals surface area contributed by atoms with Crippen molar-refractivity contribution >= 4 is 17.9 Å². The first-order chi connectivity index (χ1) is 15.6. The molecule has 8 nitrogen and oxygen atoms in total. The Balaban J connectivity index is 1.32. The Morgan fingerprint density at radius 1 is 0.938 bits per heavy atom. The fraction of sp³-hybridized carbons (Fsp3) is 0.167. The van der Waals surface area contributed by atoms with E-state index in [-0.39, 0.29) is 19.0 Å². The summed E-state index contributed by atoms with van der Waals surface area (Å²) in [6.07, 6.45) is 1.70. The van der Waals surface area contributed by atoms with Gasteiger partial charge < -0.3 is 18.6 Å². The average Bonchev–Trinajstić information content (AvgIpc) is 3.31. The SMILES string of the molecule is CCOc1cccc2c1OCC(C(=O)NNC(=O)c1ccc(COc3ccccc3)o1)=C2. The fourth-order valence-electron chi connectivity index (χ4n) is 3.08. The number of hydrogen-bond donors (Lipinski definition) is 2. The molecule has 1 aliphatic heterocycles. The first-order valence-electron chi connectivity index (χ1n) is 10.1. The van der Waals surface area contributed by atoms with Gasteiger partial charge >= 0.3 is 5.91 Å². The van der Waals surface area contributed by atoms with Crippen LogP contribution in [-0.4, -0.2) is 25.0 Å². The first kappa shape index (κ1) is 21.0. The second-order valence-electron chi connectivity index (χ2n) is 6.84. The molecule has 2 N–H and O–H groups in total. The van der Waals surface area contributed by atoms with Gasteiger partial charge in [-0.3, -0.25) is 20.4 Å². The smallest absolute Gasteiger partial charge is 0.305 e. The van der Waals surface area contributed by atoms with Crippen molar-refractivity contribution in [2.75, 3.05) is 13.2 Å². The third kappa shape index (κ3) is 4.92. The summed E-state index contributed by atoms with van der Waals surface area (Å²) in [5.41, 5.74) is 5.82. The molecule has 0 atom stereocenters. The zero-order valence-electron chi connectivity index (χ0n) is 17.4. The molecule has 0 saturated heterocycles. The highest BCUT2D eigenvalue weighted by Crippen LogP contribution is 2.35. The van der Waals surface area contributed by atoms with Gasteiger partial charge in [0.25, 0.3) is 5.91 Å². The van der Waals surface area contributed by atoms with E-state index >= 15 is 0 Å². The molecule has 164 valence electrons. The monoisotopic (exact) mass is 434 g/mol. The maximum Gasteiger partial charge on any atom is 0.305 e. The van der Waals surface area contributed by atoms with Crippen molar-refractivity contribution in [3.05, 3.63) is 83.3 Å². The van der Waals surface area contributed by atoms with Crippen LogP contribution in [0.25, 0.3) is 6.08 Å². The van der Waals surface area contributed by atoms with Gasteiger partial charge in [-0.05, 0) is 43.3 Å². The van der Waals surface area contributed by atoms with Crippen LogP contribution in [0.15, 0.2) is 70.7 Å². The Hall–Kier alpha value is -4.20. The molecule has 32 heavy (non-hydrogen) atoms. The van der Waals surface area contributed by atoms with E-state index in [9.17, 15) is 9.59 Å². The number of furan rings is 1. The standard InChI is InChI=1S/C24H22N2O6/c1-2-29-20-10-6-7-16-13-17(14-31-22(16)20)23(27)25-26-24(28)21-12-11-19(32-21)15-30-18-8-4-3-5-9-18/h3-13H,2,14-15H2,1H3,(H,25,27)(H,26,28). The summed E-state index contributed by atoms with van der Waals surface area (Å²) in [6.45, 7) is 2.63. The maximum atomic E-state index is 12.5. The lowest BCUT2D eigenvalue weighted by atomic mass is 10.1. The Morgan fingerprint density at radius 2 is 1.75 bits per heavy atom. The molecule has 0 bridgehead atoms. The van der Waals surface area contributed by atoms with Crippen LogP contribution in [-0.2, 0) is 11.4 Å². The van der Waals surface area contributed by atoms with Crippen molar-refractivity contribution in [1.82, 2.24) is 10.9 Å². The number of nitrogens with one attached hydrogen (secondary N) is 2. The molecular weight excluding hydrogens is 412 g/mol. The van der Waals surface area contributed by atoms with Crippen LogP contribution in [0.3, 0.4) is 0 Å². The largest absolute Gasteiger partial charge is 0.490 e. The number of hydrogen-bond acceptors (Lipinski definition) is 6. The zero-order valence-corrected chi connectivity index (χ0v) is 17.4. The van der Waals surface area contributed by atoms with Gasteiger partial charge in [0.1, 0.15) is 24.7 Å². The van der Waals surface area contributed by atoms with Crippen LogP contribution in [0.4, 0.5) is 0 Å². The number of benzene rings is 2. The van der Waals surface area contributed by atoms with Crippen molar-refractivity contribution in [1.29, 1.82) is 0 Å². The van der Waals surface area contributed by atoms with E-state index in [2.05, 4.69) is 10.9 Å². The summed E-state index contributed by atoms with van der Waals surface area (Å²) in [7, 11) is 0. The van der Waals surface area contributed by atoms with Gasteiger partial charge in [-0.1, -0.05) is 30.3 Å². The minimum Gasteiger partial charge on any atom is -0.490 e. The predicted octanol–water partition coefficient (Wildman–Crippen LogP) is 3.49. The molecule has 0 spiro atoms. The summed E-state index contributed by atoms with van der Waals surface area (Å²) in [5.74, 6) is 1.38. The zero-order chi connectivity index (χ0) is 22.3. The summed E-state index contributed by atoms with van der Waals surface area (Å²) in [6, 6.07) is 17.9. The van der Waals surface area contributed by atoms with Gasteiger partial charge in [0.05, 0.1) is 12.2 Å². The van der Waals surface area contributed by atoms with Crippen LogP contribution in [0, 0.1) is 0 Å². The highest BCUT2D eigenvalue weighted by molar-refractivity contribution is 6.01. The average molecular weight is 434 g/mol. The molecule has 1 aliphatic rings. The first-order valence-corrected chi connectivity index (χ1v) is 10.1. The topological polar surface area (TPSA) is 99.0 Å². The van der Waals surface area contributed by atoms with E-state index < -0.39 is 11.8 Å². The second-order valence-corrected chi connectivity index (χ2v) is 6.84. The molecule has 2 heterocycles. The van der Waals surface area contributed by atoms with E-state index in [0.29, 0.717) is 35.2 Å². The van der Waals surface area contributed by atoms with Gasteiger partial charge in [0, 0.05) is 5.56 Å². The van der Waals surface area contributed by atoms with Crippen molar-refractivity contribution in [2.24, 2.45) is 0 Å². The van der Waals surface area contributed by atoms with Crippen molar-refractivity contribution in [3.8, 4) is 17.2 Å². The molecule has 0 aliphatic carbocycles. The van der Waals surface area contributed by atoms with Crippen LogP contribution in [0.1, 0.15) is 28.8 Å². The number of para-hydroxylation sites is 2. The summed E-state index contributed by atoms with van der Waals surface area (Å²) < 4.78 is 22.3. The molecular formula is C24H22N2O6. The van der Waals surface area contributed by atoms with E-state index in [0.717, 1.165) is 5.56 Å². The number of rotatable bonds is 7. The van der Waals surface area contributed by atoms with E-state index in [1.54, 1.807) is 12.1 Å². The van der Waals surface area contributed by atoms with Crippen LogP contribution in [0.2, 0.25) is 0 Å². The highest BCUT2D eigenvalue weighted by Gasteiger charge is 2.21. The number of amides is 2. The second kappa shape index (κ2) is 9.74. The van der Waals surface area contributed by atoms with E-state index in [1.807, 2.05) is 55.5 Å². The molecule has 4 rings (SSSR count). The molecule has 2 amide bonds. The van der Waals surface area contributed by atoms with Gasteiger partial charge in [-0.2, -0.15) is 0 Å². The minimum absolute atomic E-state index is 0.0533. The molecule has 3 aromatic rings. The number of carbonyl (C=O) groups excluding carboxylic acids is 2. The molecule has 0 unspecified atom stereocenters. The van der Waals surface area contributed by atoms with Crippen molar-refractivity contribution in [2.45, 2.75) is 13.5 Å². The third-order valence-electron chi connectivity index (χ3n) is 4.60. The molecule has 0 radical (unpaired) electrons. The predicted molar refractivity (Wildman–Crippen MR) is 116 cm³/mol. The lowest BCUT2D eigenvalue weighted by Gasteiger charge is -2.20. The Kier molecular flexibility index (Phi) is 6.41. The fourth-order valence-corrected chi connectivity index (χ4v) is 3.08. The van der Waals surface area contributed by atoms with E-state index in [4.69, 9.17) is 18.6 Å². The summed E-state index contributed by atoms with van der Waals surface area (Å²) in [4.78, 5) is 24.8. The summed E-state index contributed by atoms with van der Waals surface area (Å²) >= 11 is 0. The number of hydrazine groups is 1.